The van der Waals surface area contributed by atoms with Crippen LogP contribution in [0.2, 0.25) is 0 Å². The van der Waals surface area contributed by atoms with Gasteiger partial charge in [-0.05, 0) is 12.1 Å². The molecule has 3 rings (SSSR count). The minimum atomic E-state index is -0.123. The molecule has 7 heteroatoms. The van der Waals surface area contributed by atoms with Gasteiger partial charge in [0.25, 0.3) is 0 Å². The van der Waals surface area contributed by atoms with Gasteiger partial charge in [0.05, 0.1) is 11.8 Å². The summed E-state index contributed by atoms with van der Waals surface area (Å²) in [6.45, 7) is 0.931. The minimum Gasteiger partial charge on any atom is -0.338 e. The highest BCUT2D eigenvalue weighted by Gasteiger charge is 2.42. The number of pyridine rings is 1. The van der Waals surface area contributed by atoms with Gasteiger partial charge in [-0.3, -0.25) is 24.3 Å². The second kappa shape index (κ2) is 5.85. The summed E-state index contributed by atoms with van der Waals surface area (Å²) >= 11 is 1.46. The van der Waals surface area contributed by atoms with Crippen LogP contribution in [0.25, 0.3) is 0 Å². The maximum Gasteiger partial charge on any atom is 0.233 e. The lowest BCUT2D eigenvalue weighted by atomic mass is 10.1. The van der Waals surface area contributed by atoms with Gasteiger partial charge in [0.2, 0.25) is 17.7 Å². The molecule has 110 valence electrons. The molecule has 0 aromatic carbocycles. The topological polar surface area (TPSA) is 70.6 Å². The SMILES string of the molecule is O=C(CSc1ccncc1)N1CC(N2C(=O)CCC2=O)C1. The Hall–Kier alpha value is -1.89. The normalized spacial score (nSPS) is 19.0. The molecule has 2 aliphatic heterocycles. The smallest absolute Gasteiger partial charge is 0.233 e. The zero-order chi connectivity index (χ0) is 14.8. The molecule has 2 saturated heterocycles. The standard InChI is InChI=1S/C14H15N3O3S/c18-12-1-2-13(19)17(12)10-7-16(8-10)14(20)9-21-11-3-5-15-6-4-11/h3-6,10H,1-2,7-9H2. The average Bonchev–Trinajstić information content (AvgIpc) is 2.77. The molecular weight excluding hydrogens is 290 g/mol. The molecular formula is C14H15N3O3S. The van der Waals surface area contributed by atoms with Crippen LogP contribution in [-0.2, 0) is 14.4 Å². The second-order valence-electron chi connectivity index (χ2n) is 5.08. The van der Waals surface area contributed by atoms with Crippen molar-refractivity contribution >= 4 is 29.5 Å². The largest absolute Gasteiger partial charge is 0.338 e. The van der Waals surface area contributed by atoms with Crippen LogP contribution in [0.3, 0.4) is 0 Å². The van der Waals surface area contributed by atoms with Crippen LogP contribution in [0.1, 0.15) is 12.8 Å². The molecule has 0 atom stereocenters. The minimum absolute atomic E-state index is 0.0344. The Labute approximate surface area is 126 Å². The van der Waals surface area contributed by atoms with Crippen LogP contribution >= 0.6 is 11.8 Å². The van der Waals surface area contributed by atoms with Crippen molar-refractivity contribution in [3.63, 3.8) is 0 Å². The summed E-state index contributed by atoms with van der Waals surface area (Å²) in [7, 11) is 0. The molecule has 0 saturated carbocycles. The Kier molecular flexibility index (Phi) is 3.92. The summed E-state index contributed by atoms with van der Waals surface area (Å²) in [6, 6.07) is 3.60. The van der Waals surface area contributed by atoms with Crippen LogP contribution in [0.15, 0.2) is 29.4 Å². The van der Waals surface area contributed by atoms with Crippen molar-refractivity contribution in [2.75, 3.05) is 18.8 Å². The monoisotopic (exact) mass is 305 g/mol. The molecule has 0 spiro atoms. The molecule has 3 heterocycles. The molecule has 0 N–H and O–H groups in total. The molecule has 2 aliphatic rings. The van der Waals surface area contributed by atoms with E-state index < -0.39 is 0 Å². The van der Waals surface area contributed by atoms with Gasteiger partial charge in [0.1, 0.15) is 0 Å². The van der Waals surface area contributed by atoms with Gasteiger partial charge in [-0.2, -0.15) is 0 Å². The highest BCUT2D eigenvalue weighted by atomic mass is 32.2. The molecule has 2 fully saturated rings. The Morgan fingerprint density at radius 1 is 1.19 bits per heavy atom. The first-order valence-electron chi connectivity index (χ1n) is 6.80. The van der Waals surface area contributed by atoms with Crippen LogP contribution < -0.4 is 0 Å². The van der Waals surface area contributed by atoms with E-state index in [1.165, 1.54) is 16.7 Å². The van der Waals surface area contributed by atoms with Gasteiger partial charge < -0.3 is 4.90 Å². The average molecular weight is 305 g/mol. The lowest BCUT2D eigenvalue weighted by molar-refractivity contribution is -0.150. The Balaban J connectivity index is 1.46. The number of imide groups is 1. The van der Waals surface area contributed by atoms with E-state index in [1.807, 2.05) is 12.1 Å². The van der Waals surface area contributed by atoms with E-state index in [9.17, 15) is 14.4 Å². The Morgan fingerprint density at radius 3 is 2.43 bits per heavy atom. The summed E-state index contributed by atoms with van der Waals surface area (Å²) in [5, 5.41) is 0. The predicted octanol–water partition coefficient (Wildman–Crippen LogP) is 0.533. The summed E-state index contributed by atoms with van der Waals surface area (Å²) in [5.41, 5.74) is 0. The van der Waals surface area contributed by atoms with Crippen molar-refractivity contribution in [1.82, 2.24) is 14.8 Å². The van der Waals surface area contributed by atoms with Crippen molar-refractivity contribution in [3.8, 4) is 0 Å². The molecule has 0 bridgehead atoms. The highest BCUT2D eigenvalue weighted by Crippen LogP contribution is 2.24. The zero-order valence-electron chi connectivity index (χ0n) is 11.4. The van der Waals surface area contributed by atoms with E-state index >= 15 is 0 Å². The Morgan fingerprint density at radius 2 is 1.81 bits per heavy atom. The van der Waals surface area contributed by atoms with E-state index in [2.05, 4.69) is 4.98 Å². The first kappa shape index (κ1) is 14.1. The van der Waals surface area contributed by atoms with Gasteiger partial charge in [-0.25, -0.2) is 0 Å². The third-order valence-electron chi connectivity index (χ3n) is 3.68. The number of carbonyl (C=O) groups excluding carboxylic acids is 3. The molecule has 21 heavy (non-hydrogen) atoms. The van der Waals surface area contributed by atoms with Crippen molar-refractivity contribution in [3.05, 3.63) is 24.5 Å². The molecule has 0 radical (unpaired) electrons. The summed E-state index contributed by atoms with van der Waals surface area (Å²) < 4.78 is 0. The fourth-order valence-corrected chi connectivity index (χ4v) is 3.28. The number of aromatic nitrogens is 1. The summed E-state index contributed by atoms with van der Waals surface area (Å²) in [5.74, 6) is 0.178. The third-order valence-corrected chi connectivity index (χ3v) is 4.68. The number of carbonyl (C=O) groups is 3. The molecule has 0 aliphatic carbocycles. The van der Waals surface area contributed by atoms with Gasteiger partial charge in [-0.1, -0.05) is 0 Å². The molecule has 0 unspecified atom stereocenters. The summed E-state index contributed by atoms with van der Waals surface area (Å²) in [6.07, 6.45) is 4.00. The molecule has 3 amide bonds. The van der Waals surface area contributed by atoms with Crippen molar-refractivity contribution < 1.29 is 14.4 Å². The first-order chi connectivity index (χ1) is 10.1. The number of amides is 3. The van der Waals surface area contributed by atoms with Gasteiger partial charge >= 0.3 is 0 Å². The summed E-state index contributed by atoms with van der Waals surface area (Å²) in [4.78, 5) is 43.2. The van der Waals surface area contributed by atoms with Crippen molar-refractivity contribution in [2.45, 2.75) is 23.8 Å². The number of rotatable bonds is 4. The molecule has 1 aromatic heterocycles. The van der Waals surface area contributed by atoms with Gasteiger partial charge in [0.15, 0.2) is 0 Å². The quantitative estimate of drug-likeness (QED) is 0.599. The maximum absolute atomic E-state index is 12.0. The van der Waals surface area contributed by atoms with Crippen molar-refractivity contribution in [1.29, 1.82) is 0 Å². The highest BCUT2D eigenvalue weighted by molar-refractivity contribution is 8.00. The lowest BCUT2D eigenvalue weighted by Crippen LogP contribution is -2.62. The van der Waals surface area contributed by atoms with E-state index in [-0.39, 0.29) is 23.8 Å². The fraction of sp³-hybridized carbons (Fsp3) is 0.429. The number of thioether (sulfide) groups is 1. The van der Waals surface area contributed by atoms with E-state index in [0.717, 1.165) is 4.90 Å². The fourth-order valence-electron chi connectivity index (χ4n) is 2.49. The van der Waals surface area contributed by atoms with Gasteiger partial charge in [-0.15, -0.1) is 11.8 Å². The maximum atomic E-state index is 12.0. The second-order valence-corrected chi connectivity index (χ2v) is 6.13. The zero-order valence-corrected chi connectivity index (χ0v) is 12.2. The molecule has 1 aromatic rings. The van der Waals surface area contributed by atoms with Crippen LogP contribution in [0.4, 0.5) is 0 Å². The van der Waals surface area contributed by atoms with Gasteiger partial charge in [0, 0.05) is 43.2 Å². The first-order valence-corrected chi connectivity index (χ1v) is 7.79. The Bertz CT molecular complexity index is 556. The van der Waals surface area contributed by atoms with Crippen LogP contribution in [-0.4, -0.2) is 57.4 Å². The lowest BCUT2D eigenvalue weighted by Gasteiger charge is -2.43. The van der Waals surface area contributed by atoms with Crippen LogP contribution in [0, 0.1) is 0 Å². The van der Waals surface area contributed by atoms with E-state index in [4.69, 9.17) is 0 Å². The molecule has 6 nitrogen and oxygen atoms in total. The number of nitrogens with zero attached hydrogens (tertiary/aromatic N) is 3. The number of hydrogen-bond donors (Lipinski definition) is 0. The third kappa shape index (κ3) is 2.92. The number of hydrogen-bond acceptors (Lipinski definition) is 5. The van der Waals surface area contributed by atoms with Crippen LogP contribution in [0.5, 0.6) is 0 Å². The van der Waals surface area contributed by atoms with E-state index in [0.29, 0.717) is 31.7 Å². The van der Waals surface area contributed by atoms with E-state index in [1.54, 1.807) is 17.3 Å². The number of likely N-dealkylation sites (tertiary alicyclic amines) is 2. The van der Waals surface area contributed by atoms with Crippen molar-refractivity contribution in [2.24, 2.45) is 0 Å². The predicted molar refractivity (Wildman–Crippen MR) is 76.4 cm³/mol.